The van der Waals surface area contributed by atoms with Crippen LogP contribution in [0.25, 0.3) is 5.57 Å². The van der Waals surface area contributed by atoms with Gasteiger partial charge in [0.15, 0.2) is 0 Å². The van der Waals surface area contributed by atoms with Crippen LogP contribution in [0, 0.1) is 28.9 Å². The summed E-state index contributed by atoms with van der Waals surface area (Å²) in [4.78, 5) is 41.0. The minimum Gasteiger partial charge on any atom is -0.366 e. The number of amides is 2. The summed E-state index contributed by atoms with van der Waals surface area (Å²) in [5.41, 5.74) is 2.27. The van der Waals surface area contributed by atoms with Crippen molar-refractivity contribution in [3.05, 3.63) is 74.4 Å². The highest BCUT2D eigenvalue weighted by Gasteiger charge is 2.43. The average molecular weight is 454 g/mol. The van der Waals surface area contributed by atoms with Gasteiger partial charge in [-0.25, -0.2) is 4.90 Å². The maximum Gasteiger partial charge on any atom is 0.282 e. The summed E-state index contributed by atoms with van der Waals surface area (Å²) in [5.74, 6) is -0.112. The van der Waals surface area contributed by atoms with Crippen LogP contribution in [0.2, 0.25) is 5.02 Å². The number of aryl methyl sites for hydroxylation is 1. The van der Waals surface area contributed by atoms with Gasteiger partial charge in [-0.1, -0.05) is 31.5 Å². The number of carbonyl (C=O) groups is 2. The van der Waals surface area contributed by atoms with E-state index in [4.69, 9.17) is 11.6 Å². The molecule has 2 aliphatic rings. The number of non-ortho nitro benzene ring substituents is 1. The van der Waals surface area contributed by atoms with E-state index < -0.39 is 16.7 Å². The van der Waals surface area contributed by atoms with Crippen molar-refractivity contribution in [2.24, 2.45) is 11.8 Å². The van der Waals surface area contributed by atoms with Gasteiger partial charge in [-0.3, -0.25) is 19.7 Å². The van der Waals surface area contributed by atoms with Crippen LogP contribution in [0.1, 0.15) is 31.4 Å². The zero-order valence-electron chi connectivity index (χ0n) is 18.2. The van der Waals surface area contributed by atoms with Gasteiger partial charge in [-0.15, -0.1) is 0 Å². The van der Waals surface area contributed by atoms with Crippen LogP contribution in [0.15, 0.2) is 48.2 Å². The Kier molecular flexibility index (Phi) is 5.77. The summed E-state index contributed by atoms with van der Waals surface area (Å²) >= 11 is 6.27. The zero-order chi connectivity index (χ0) is 23.2. The molecule has 166 valence electrons. The SMILES string of the molecule is Cc1ccc(N2C(=O)C(c3ccc([N+](=O)[O-])cc3)=C(N3CC(C)CC(C)C3)C2=O)cc1Cl. The first-order valence-corrected chi connectivity index (χ1v) is 10.9. The van der Waals surface area contributed by atoms with E-state index in [0.29, 0.717) is 46.9 Å². The Balaban J connectivity index is 1.83. The maximum atomic E-state index is 13.6. The second-order valence-electron chi connectivity index (χ2n) is 8.76. The molecule has 4 rings (SSSR count). The Morgan fingerprint density at radius 3 is 2.19 bits per heavy atom. The van der Waals surface area contributed by atoms with Crippen LogP contribution in [-0.2, 0) is 9.59 Å². The number of hydrogen-bond acceptors (Lipinski definition) is 5. The number of rotatable bonds is 4. The molecule has 2 aliphatic heterocycles. The molecule has 2 atom stereocenters. The summed E-state index contributed by atoms with van der Waals surface area (Å²) in [5, 5.41) is 11.5. The Morgan fingerprint density at radius 2 is 1.62 bits per heavy atom. The summed E-state index contributed by atoms with van der Waals surface area (Å²) < 4.78 is 0. The smallest absolute Gasteiger partial charge is 0.282 e. The molecule has 2 unspecified atom stereocenters. The molecule has 8 heteroatoms. The molecule has 0 aromatic heterocycles. The topological polar surface area (TPSA) is 83.8 Å². The van der Waals surface area contributed by atoms with Crippen molar-refractivity contribution in [3.63, 3.8) is 0 Å². The van der Waals surface area contributed by atoms with Crippen LogP contribution in [0.3, 0.4) is 0 Å². The average Bonchev–Trinajstić information content (AvgIpc) is 2.99. The van der Waals surface area contributed by atoms with Gasteiger partial charge in [0.25, 0.3) is 17.5 Å². The molecule has 2 aromatic rings. The van der Waals surface area contributed by atoms with E-state index in [1.807, 2.05) is 11.8 Å². The van der Waals surface area contributed by atoms with E-state index in [9.17, 15) is 19.7 Å². The molecule has 0 spiro atoms. The Hall–Kier alpha value is -3.19. The number of halogens is 1. The van der Waals surface area contributed by atoms with E-state index in [2.05, 4.69) is 13.8 Å². The Morgan fingerprint density at radius 1 is 1.00 bits per heavy atom. The second-order valence-corrected chi connectivity index (χ2v) is 9.17. The van der Waals surface area contributed by atoms with Gasteiger partial charge in [-0.2, -0.15) is 0 Å². The summed E-state index contributed by atoms with van der Waals surface area (Å²) in [6.07, 6.45) is 1.05. The van der Waals surface area contributed by atoms with Gasteiger partial charge in [0.2, 0.25) is 0 Å². The van der Waals surface area contributed by atoms with Gasteiger partial charge < -0.3 is 4.90 Å². The number of likely N-dealkylation sites (tertiary alicyclic amines) is 1. The molecule has 2 amide bonds. The maximum absolute atomic E-state index is 13.6. The van der Waals surface area contributed by atoms with Gasteiger partial charge in [0, 0.05) is 30.2 Å². The zero-order valence-corrected chi connectivity index (χ0v) is 18.9. The molecule has 0 saturated carbocycles. The standard InChI is InChI=1S/C24H24ClN3O4/c1-14-10-15(2)13-26(12-14)22-21(17-5-8-18(9-6-17)28(31)32)23(29)27(24(22)30)19-7-4-16(3)20(25)11-19/h4-9,11,14-15H,10,12-13H2,1-3H3. The molecule has 1 fully saturated rings. The fourth-order valence-electron chi connectivity index (χ4n) is 4.62. The molecule has 2 aromatic carbocycles. The van der Waals surface area contributed by atoms with E-state index in [-0.39, 0.29) is 11.3 Å². The third-order valence-corrected chi connectivity index (χ3v) is 6.43. The summed E-state index contributed by atoms with van der Waals surface area (Å²) in [7, 11) is 0. The number of nitro groups is 1. The highest BCUT2D eigenvalue weighted by atomic mass is 35.5. The number of hydrogen-bond donors (Lipinski definition) is 0. The number of anilines is 1. The predicted octanol–water partition coefficient (Wildman–Crippen LogP) is 4.82. The minimum atomic E-state index is -0.491. The lowest BCUT2D eigenvalue weighted by atomic mass is 9.91. The first kappa shape index (κ1) is 22.0. The number of benzene rings is 2. The number of piperidine rings is 1. The Labute approximate surface area is 191 Å². The molecular formula is C24H24ClN3O4. The third kappa shape index (κ3) is 3.88. The van der Waals surface area contributed by atoms with Crippen LogP contribution in [0.4, 0.5) is 11.4 Å². The van der Waals surface area contributed by atoms with Crippen molar-refractivity contribution in [3.8, 4) is 0 Å². The summed E-state index contributed by atoms with van der Waals surface area (Å²) in [6, 6.07) is 10.9. The molecule has 0 radical (unpaired) electrons. The molecule has 1 saturated heterocycles. The lowest BCUT2D eigenvalue weighted by Crippen LogP contribution is -2.42. The molecule has 7 nitrogen and oxygen atoms in total. The third-order valence-electron chi connectivity index (χ3n) is 6.02. The van der Waals surface area contributed by atoms with Gasteiger partial charge in [-0.05, 0) is 60.6 Å². The van der Waals surface area contributed by atoms with Crippen LogP contribution in [0.5, 0.6) is 0 Å². The number of nitro benzene ring substituents is 1. The molecular weight excluding hydrogens is 430 g/mol. The van der Waals surface area contributed by atoms with Crippen molar-refractivity contribution < 1.29 is 14.5 Å². The number of carbonyl (C=O) groups excluding carboxylic acids is 2. The monoisotopic (exact) mass is 453 g/mol. The molecule has 0 aliphatic carbocycles. The highest BCUT2D eigenvalue weighted by molar-refractivity contribution is 6.45. The molecule has 0 N–H and O–H groups in total. The summed E-state index contributed by atoms with van der Waals surface area (Å²) in [6.45, 7) is 7.44. The first-order chi connectivity index (χ1) is 15.2. The van der Waals surface area contributed by atoms with Crippen molar-refractivity contribution in [2.45, 2.75) is 27.2 Å². The Bertz CT molecular complexity index is 1130. The predicted molar refractivity (Wildman–Crippen MR) is 123 cm³/mol. The van der Waals surface area contributed by atoms with E-state index in [1.165, 1.54) is 24.3 Å². The van der Waals surface area contributed by atoms with E-state index >= 15 is 0 Å². The quantitative estimate of drug-likeness (QED) is 0.376. The van der Waals surface area contributed by atoms with Crippen molar-refractivity contribution in [1.29, 1.82) is 0 Å². The molecule has 0 bridgehead atoms. The van der Waals surface area contributed by atoms with E-state index in [0.717, 1.165) is 16.9 Å². The molecule has 32 heavy (non-hydrogen) atoms. The first-order valence-electron chi connectivity index (χ1n) is 10.6. The van der Waals surface area contributed by atoms with Gasteiger partial charge in [0.1, 0.15) is 5.70 Å². The van der Waals surface area contributed by atoms with Crippen LogP contribution < -0.4 is 4.90 Å². The van der Waals surface area contributed by atoms with E-state index in [1.54, 1.807) is 18.2 Å². The lowest BCUT2D eigenvalue weighted by molar-refractivity contribution is -0.384. The van der Waals surface area contributed by atoms with Crippen molar-refractivity contribution >= 4 is 40.4 Å². The number of imide groups is 1. The normalized spacial score (nSPS) is 21.5. The number of nitrogens with zero attached hydrogens (tertiary/aromatic N) is 3. The second kappa shape index (κ2) is 8.39. The van der Waals surface area contributed by atoms with Gasteiger partial charge in [0.05, 0.1) is 16.2 Å². The highest BCUT2D eigenvalue weighted by Crippen LogP contribution is 2.38. The fraction of sp³-hybridized carbons (Fsp3) is 0.333. The van der Waals surface area contributed by atoms with Crippen LogP contribution >= 0.6 is 11.6 Å². The minimum absolute atomic E-state index is 0.0740. The lowest BCUT2D eigenvalue weighted by Gasteiger charge is -2.37. The van der Waals surface area contributed by atoms with Gasteiger partial charge >= 0.3 is 0 Å². The van der Waals surface area contributed by atoms with Crippen molar-refractivity contribution in [1.82, 2.24) is 4.90 Å². The molecule has 2 heterocycles. The fourth-order valence-corrected chi connectivity index (χ4v) is 4.80. The largest absolute Gasteiger partial charge is 0.366 e. The van der Waals surface area contributed by atoms with Crippen LogP contribution in [-0.4, -0.2) is 34.7 Å². The van der Waals surface area contributed by atoms with Crippen molar-refractivity contribution in [2.75, 3.05) is 18.0 Å².